The van der Waals surface area contributed by atoms with Crippen molar-refractivity contribution in [3.05, 3.63) is 390 Å². The fourth-order valence-electron chi connectivity index (χ4n) is 14.6. The number of para-hydroxylation sites is 3. The van der Waals surface area contributed by atoms with Gasteiger partial charge >= 0.3 is 86.8 Å². The molecule has 0 heterocycles. The van der Waals surface area contributed by atoms with Gasteiger partial charge in [-0.2, -0.15) is 0 Å². The summed E-state index contributed by atoms with van der Waals surface area (Å²) < 4.78 is 10.6. The van der Waals surface area contributed by atoms with Crippen molar-refractivity contribution in [3.63, 3.8) is 0 Å². The molecule has 0 unspecified atom stereocenters. The molecule has 0 aliphatic heterocycles. The molecule has 0 saturated carbocycles. The van der Waals surface area contributed by atoms with E-state index in [1.165, 1.54) is 117 Å². The van der Waals surface area contributed by atoms with Crippen LogP contribution in [0.4, 0.5) is 28.4 Å². The Morgan fingerprint density at radius 3 is 0.574 bits per heavy atom. The Balaban J connectivity index is -0.000000195. The third-order valence-corrected chi connectivity index (χ3v) is 35.8. The van der Waals surface area contributed by atoms with Crippen LogP contribution in [0.2, 0.25) is 0 Å². The second-order valence-electron chi connectivity index (χ2n) is 30.9. The second-order valence-corrected chi connectivity index (χ2v) is 46.2. The minimum absolute atomic E-state index is 0. The average molecular weight is 2020 g/mol. The van der Waals surface area contributed by atoms with Crippen LogP contribution in [-0.4, -0.2) is 98.7 Å². The van der Waals surface area contributed by atoms with Crippen LogP contribution in [0.25, 0.3) is 0 Å². The monoisotopic (exact) mass is 2020 g/mol. The van der Waals surface area contributed by atoms with E-state index < -0.39 is 23.8 Å². The summed E-state index contributed by atoms with van der Waals surface area (Å²) in [7, 11) is 0.0379. The predicted octanol–water partition coefficient (Wildman–Crippen LogP) is 29.8. The van der Waals surface area contributed by atoms with Gasteiger partial charge in [0.05, 0.1) is 133 Å². The topological polar surface area (TPSA) is 80.3 Å². The Kier molecular flexibility index (Phi) is 82.5. The molecule has 17 heteroatoms. The zero-order valence-corrected chi connectivity index (χ0v) is 95.9. The minimum Gasteiger partial charge on any atom is -0.497 e. The van der Waals surface area contributed by atoms with Crippen molar-refractivity contribution in [2.45, 2.75) is 161 Å². The average Bonchev–Trinajstić information content (AvgIpc) is 0.844. The molecule has 0 saturated heterocycles. The first-order valence-corrected chi connectivity index (χ1v) is 49.4. The molecule has 0 radical (unpaired) electrons. The van der Waals surface area contributed by atoms with Gasteiger partial charge < -0.3 is 83.7 Å². The first-order chi connectivity index (χ1) is 54.8. The maximum atomic E-state index is 5.32. The summed E-state index contributed by atoms with van der Waals surface area (Å²) in [5, 5.41) is 8.40. The van der Waals surface area contributed by atoms with Crippen molar-refractivity contribution in [1.29, 1.82) is 0 Å². The first-order valence-electron chi connectivity index (χ1n) is 40.5. The molecule has 0 amide bonds. The Hall–Kier alpha value is -5.82. The summed E-state index contributed by atoms with van der Waals surface area (Å²) in [6.45, 7) is 44.4. The smallest absolute Gasteiger partial charge is 0.497 e. The van der Waals surface area contributed by atoms with Crippen LogP contribution in [-0.2, 0) is 86.8 Å². The summed E-state index contributed by atoms with van der Waals surface area (Å²) in [6, 6.07) is 88.0. The zero-order chi connectivity index (χ0) is 82.6. The van der Waals surface area contributed by atoms with Crippen molar-refractivity contribution in [2.24, 2.45) is 25.0 Å². The van der Waals surface area contributed by atoms with Crippen molar-refractivity contribution in [3.8, 4) is 11.5 Å². The van der Waals surface area contributed by atoms with Crippen molar-refractivity contribution in [2.75, 3.05) is 45.0 Å². The van der Waals surface area contributed by atoms with Gasteiger partial charge in [-0.25, -0.2) is 0 Å². The molecule has 0 atom stereocenters. The van der Waals surface area contributed by atoms with Gasteiger partial charge in [-0.05, 0) is 291 Å². The van der Waals surface area contributed by atoms with Crippen LogP contribution >= 0.6 is 39.6 Å². The van der Waals surface area contributed by atoms with E-state index >= 15 is 0 Å². The molecule has 0 spiro atoms. The Morgan fingerprint density at radius 2 is 0.395 bits per heavy atom. The number of methoxy groups -OCH3 is 2. The minimum atomic E-state index is -1.00. The largest absolute Gasteiger partial charge is 2.00 e. The molecule has 11 aromatic carbocycles. The third-order valence-electron chi connectivity index (χ3n) is 20.6. The quantitative estimate of drug-likeness (QED) is 0.0292. The van der Waals surface area contributed by atoms with Gasteiger partial charge in [0, 0.05) is 46.9 Å². The molecular weight excluding hydrogens is 1860 g/mol. The molecule has 7 nitrogen and oxygen atoms in total. The molecule has 0 N–H and O–H groups in total. The van der Waals surface area contributed by atoms with Crippen molar-refractivity contribution < 1.29 is 96.3 Å². The van der Waals surface area contributed by atoms with E-state index in [0.717, 1.165) is 75.4 Å². The summed E-state index contributed by atoms with van der Waals surface area (Å²) in [4.78, 5) is 23.9. The second kappa shape index (κ2) is 75.5. The molecule has 0 aliphatic rings. The molecule has 11 aromatic rings. The number of aryl methyl sites for hydroxylation is 12. The van der Waals surface area contributed by atoms with Crippen molar-refractivity contribution in [1.82, 2.24) is 0 Å². The van der Waals surface area contributed by atoms with Crippen LogP contribution < -0.4 is 41.3 Å². The van der Waals surface area contributed by atoms with E-state index in [-0.39, 0.29) is 177 Å². The van der Waals surface area contributed by atoms with E-state index in [1.54, 1.807) is 14.2 Å². The van der Waals surface area contributed by atoms with Crippen LogP contribution in [0.5, 0.6) is 11.5 Å². The number of benzene rings is 11. The first kappa shape index (κ1) is 141. The summed E-state index contributed by atoms with van der Waals surface area (Å²) in [5.74, 6) is 1.76. The number of aliphatic imine (C=N–C) groups is 5. The van der Waals surface area contributed by atoms with E-state index in [4.69, 9.17) is 34.4 Å². The number of hydrogen-bond donors (Lipinski definition) is 0. The van der Waals surface area contributed by atoms with Gasteiger partial charge in [0.2, 0.25) is 0 Å². The molecule has 0 fully saturated rings. The summed E-state index contributed by atoms with van der Waals surface area (Å²) in [6.07, 6.45) is 15.9. The number of rotatable bonds is 27. The molecule has 0 aromatic heterocycles. The standard InChI is InChI=1S/C24H26NO2P.C23H24NP.C22H22NP.C17H28NP.C16H26NP.10CH3.5Cr/c1-18-6-5-7-19(2)24(18)25-16-17-28(22-12-8-20(26-3)9-13-22)23-14-10-21(27-4)11-15-23;1-18-16-19(2)23(20(3)17-18)24-14-15-25(21-10-6-4-7-11-21)22-12-8-5-9-13-22;1-18-10-9-11-19(2)22(18)23-16-17-24(20-12-5-3-6-13-20)21-14-7-4-8-15-21;1-12(2)19(13(3)4)9-8-18-17-15(6)10-14(5)11-16(17)7;1-12(2)18(13(3)4)11-10-17-16-14(5)8-7-9-15(16)6;;;;;;;;;;;;;;;/h5-16H,17H2,1-4H3;4-14,16-17H,15H2,1-3H3;3-16H,17H2,1-2H3;8,10-13H,9H2,1-7H3;7-10,12-13H,11H2,1-6H3;10*1H3;;;;;/q;;;;;10*-1;5*+2/p+5. The Morgan fingerprint density at radius 1 is 0.225 bits per heavy atom. The maximum Gasteiger partial charge on any atom is 2.00 e. The van der Waals surface area contributed by atoms with Gasteiger partial charge in [0.25, 0.3) is 0 Å². The fraction of sp³-hybridized carbons (Fsp3) is 0.277. The predicted molar refractivity (Wildman–Crippen MR) is 590 cm³/mol. The molecule has 696 valence electrons. The zero-order valence-electron chi connectivity index (χ0n) is 84.5. The van der Waals surface area contributed by atoms with Gasteiger partial charge in [0.15, 0.2) is 0 Å². The maximum absolute atomic E-state index is 5.32. The van der Waals surface area contributed by atoms with E-state index in [2.05, 4.69) is 394 Å². The van der Waals surface area contributed by atoms with Gasteiger partial charge in [-0.15, -0.1) is 0 Å². The van der Waals surface area contributed by atoms with Crippen LogP contribution in [0, 0.1) is 157 Å². The normalized spacial score (nSPS) is 10.3. The molecule has 11 rings (SSSR count). The van der Waals surface area contributed by atoms with Gasteiger partial charge in [0.1, 0.15) is 30.0 Å². The summed E-state index contributed by atoms with van der Waals surface area (Å²) in [5.41, 5.74) is 24.0. The number of nitrogens with zero attached hydrogens (tertiary/aromatic N) is 5. The molecule has 0 aliphatic carbocycles. The Bertz CT molecular complexity index is 4630. The van der Waals surface area contributed by atoms with Crippen LogP contribution in [0.15, 0.2) is 274 Å². The third kappa shape index (κ3) is 46.8. The molecule has 129 heavy (non-hydrogen) atoms. The van der Waals surface area contributed by atoms with E-state index in [9.17, 15) is 0 Å². The van der Waals surface area contributed by atoms with Crippen LogP contribution in [0.3, 0.4) is 0 Å². The van der Waals surface area contributed by atoms with Crippen molar-refractivity contribution >= 4 is 131 Å². The van der Waals surface area contributed by atoms with E-state index in [0.29, 0.717) is 0 Å². The fourth-order valence-corrected chi connectivity index (χ4v) is 26.5. The van der Waals surface area contributed by atoms with Gasteiger partial charge in [-0.1, -0.05) is 163 Å². The number of ether oxygens (including phenoxy) is 2. The van der Waals surface area contributed by atoms with Gasteiger partial charge in [-0.3, -0.25) is 25.0 Å². The van der Waals surface area contributed by atoms with Crippen LogP contribution in [0.1, 0.15) is 122 Å². The van der Waals surface area contributed by atoms with E-state index in [1.807, 2.05) is 24.3 Å². The molecule has 0 bridgehead atoms. The molecular formula is C112H161Cr5N5O2P5+5. The number of hydrogen-bond acceptors (Lipinski definition) is 7. The summed E-state index contributed by atoms with van der Waals surface area (Å²) >= 11 is 0. The Labute approximate surface area is 851 Å². The SMILES string of the molecule is COc1ccc([PH+](CC=Nc2c(C)cccc2C)c2ccc(OC)cc2)cc1.Cc1cc(C)c(N=CC[PH+](C(C)C)C(C)C)c(C)c1.Cc1cc(C)c(N=CC[PH+](c2ccccc2)c2ccccc2)c(C)c1.Cc1cccc(C)c1N=CC[PH+](C(C)C)C(C)C.Cc1cccc(C)c1N=CC[PH+](c1ccccc1)c1ccccc1.[CH3-].[CH3-].[CH3-].[CH3-].[CH3-].[CH3-].[CH3-].[CH3-].[CH3-].[CH3-].[Cr+2].[Cr+2].[Cr+2].[Cr+2].[Cr+2].